The molecule has 1 aliphatic rings. The second-order valence-electron chi connectivity index (χ2n) is 5.62. The van der Waals surface area contributed by atoms with Crippen molar-refractivity contribution in [2.45, 2.75) is 57.7 Å². The first-order valence-corrected chi connectivity index (χ1v) is 7.69. The molecule has 1 aromatic carbocycles. The molecule has 1 aromatic rings. The predicted octanol–water partition coefficient (Wildman–Crippen LogP) is 3.26. The van der Waals surface area contributed by atoms with Gasteiger partial charge in [-0.15, -0.1) is 6.58 Å². The molecule has 4 nitrogen and oxygen atoms in total. The third-order valence-electron chi connectivity index (χ3n) is 3.82. The van der Waals surface area contributed by atoms with Gasteiger partial charge in [0.2, 0.25) is 0 Å². The van der Waals surface area contributed by atoms with E-state index in [1.165, 1.54) is 6.92 Å². The first kappa shape index (κ1) is 16.7. The fourth-order valence-corrected chi connectivity index (χ4v) is 2.71. The van der Waals surface area contributed by atoms with Crippen LogP contribution in [0.2, 0.25) is 0 Å². The molecular formula is C18H24O4. The van der Waals surface area contributed by atoms with Crippen LogP contribution < -0.4 is 0 Å². The molecule has 120 valence electrons. The highest BCUT2D eigenvalue weighted by Gasteiger charge is 2.37. The van der Waals surface area contributed by atoms with E-state index in [4.69, 9.17) is 14.2 Å². The maximum Gasteiger partial charge on any atom is 0.302 e. The van der Waals surface area contributed by atoms with Gasteiger partial charge in [0, 0.05) is 13.3 Å². The molecule has 22 heavy (non-hydrogen) atoms. The standard InChI is InChI=1S/C18H24O4/c1-4-8-16-18(22-14(3)19)11-17(13(2)21-16)20-12-15-9-6-5-7-10-15/h4-7,9-10,13,16-18H,1,8,11-12H2,2-3H3/t13-,16-,17+,18-/m1/s1. The fraction of sp³-hybridized carbons (Fsp3) is 0.500. The van der Waals surface area contributed by atoms with Gasteiger partial charge in [-0.2, -0.15) is 0 Å². The van der Waals surface area contributed by atoms with Gasteiger partial charge in [0.25, 0.3) is 0 Å². The summed E-state index contributed by atoms with van der Waals surface area (Å²) in [6.07, 6.45) is 2.53. The molecule has 2 rings (SSSR count). The lowest BCUT2D eigenvalue weighted by molar-refractivity contribution is -0.197. The van der Waals surface area contributed by atoms with Crippen molar-refractivity contribution in [1.29, 1.82) is 0 Å². The molecule has 0 aromatic heterocycles. The molecule has 0 bridgehead atoms. The van der Waals surface area contributed by atoms with Crippen LogP contribution in [0, 0.1) is 0 Å². The highest BCUT2D eigenvalue weighted by atomic mass is 16.6. The van der Waals surface area contributed by atoms with Crippen molar-refractivity contribution in [3.8, 4) is 0 Å². The van der Waals surface area contributed by atoms with E-state index in [2.05, 4.69) is 6.58 Å². The number of hydrogen-bond acceptors (Lipinski definition) is 4. The highest BCUT2D eigenvalue weighted by molar-refractivity contribution is 5.66. The average Bonchev–Trinajstić information content (AvgIpc) is 2.49. The van der Waals surface area contributed by atoms with Crippen LogP contribution in [0.3, 0.4) is 0 Å². The van der Waals surface area contributed by atoms with Gasteiger partial charge in [0.1, 0.15) is 6.10 Å². The molecule has 0 N–H and O–H groups in total. The lowest BCUT2D eigenvalue weighted by Crippen LogP contribution is -2.48. The Morgan fingerprint density at radius 1 is 1.36 bits per heavy atom. The zero-order chi connectivity index (χ0) is 15.9. The van der Waals surface area contributed by atoms with Crippen molar-refractivity contribution < 1.29 is 19.0 Å². The number of benzene rings is 1. The van der Waals surface area contributed by atoms with Gasteiger partial charge in [-0.05, 0) is 18.9 Å². The van der Waals surface area contributed by atoms with Crippen LogP contribution in [-0.4, -0.2) is 30.4 Å². The van der Waals surface area contributed by atoms with Crippen molar-refractivity contribution in [3.05, 3.63) is 48.6 Å². The van der Waals surface area contributed by atoms with Crippen molar-refractivity contribution in [2.75, 3.05) is 0 Å². The van der Waals surface area contributed by atoms with Gasteiger partial charge >= 0.3 is 5.97 Å². The van der Waals surface area contributed by atoms with E-state index < -0.39 is 0 Å². The summed E-state index contributed by atoms with van der Waals surface area (Å²) in [5.41, 5.74) is 1.12. The Kier molecular flexibility index (Phi) is 6.16. The van der Waals surface area contributed by atoms with E-state index in [0.717, 1.165) is 5.56 Å². The Hall–Kier alpha value is -1.65. The van der Waals surface area contributed by atoms with E-state index in [9.17, 15) is 4.79 Å². The molecular weight excluding hydrogens is 280 g/mol. The third kappa shape index (κ3) is 4.68. The largest absolute Gasteiger partial charge is 0.460 e. The minimum absolute atomic E-state index is 0.0412. The maximum atomic E-state index is 11.3. The number of rotatable bonds is 6. The quantitative estimate of drug-likeness (QED) is 0.598. The Morgan fingerprint density at radius 3 is 2.73 bits per heavy atom. The number of carbonyl (C=O) groups excluding carboxylic acids is 1. The summed E-state index contributed by atoms with van der Waals surface area (Å²) in [4.78, 5) is 11.3. The third-order valence-corrected chi connectivity index (χ3v) is 3.82. The molecule has 0 radical (unpaired) electrons. The summed E-state index contributed by atoms with van der Waals surface area (Å²) in [6, 6.07) is 10.0. The zero-order valence-corrected chi connectivity index (χ0v) is 13.2. The van der Waals surface area contributed by atoms with Gasteiger partial charge in [0.15, 0.2) is 0 Å². The van der Waals surface area contributed by atoms with Crippen LogP contribution in [0.25, 0.3) is 0 Å². The van der Waals surface area contributed by atoms with Gasteiger partial charge in [-0.1, -0.05) is 36.4 Å². The topological polar surface area (TPSA) is 44.8 Å². The second-order valence-corrected chi connectivity index (χ2v) is 5.62. The molecule has 0 saturated carbocycles. The highest BCUT2D eigenvalue weighted by Crippen LogP contribution is 2.27. The minimum Gasteiger partial charge on any atom is -0.460 e. The van der Waals surface area contributed by atoms with Crippen LogP contribution in [-0.2, 0) is 25.6 Å². The second kappa shape index (κ2) is 8.11. The summed E-state index contributed by atoms with van der Waals surface area (Å²) in [6.45, 7) is 7.68. The lowest BCUT2D eigenvalue weighted by atomic mass is 9.96. The fourth-order valence-electron chi connectivity index (χ4n) is 2.71. The molecule has 1 heterocycles. The number of ether oxygens (including phenoxy) is 3. The Labute approximate surface area is 132 Å². The smallest absolute Gasteiger partial charge is 0.302 e. The number of carbonyl (C=O) groups is 1. The van der Waals surface area contributed by atoms with Crippen molar-refractivity contribution >= 4 is 5.97 Å². The molecule has 0 amide bonds. The van der Waals surface area contributed by atoms with Crippen molar-refractivity contribution in [3.63, 3.8) is 0 Å². The molecule has 1 fully saturated rings. The summed E-state index contributed by atoms with van der Waals surface area (Å²) in [5.74, 6) is -0.293. The predicted molar refractivity (Wildman–Crippen MR) is 84.3 cm³/mol. The van der Waals surface area contributed by atoms with E-state index in [0.29, 0.717) is 19.4 Å². The van der Waals surface area contributed by atoms with Gasteiger partial charge in [0.05, 0.1) is 24.9 Å². The zero-order valence-electron chi connectivity index (χ0n) is 13.2. The van der Waals surface area contributed by atoms with Crippen LogP contribution in [0.1, 0.15) is 32.3 Å². The first-order valence-electron chi connectivity index (χ1n) is 7.69. The van der Waals surface area contributed by atoms with Gasteiger partial charge in [-0.25, -0.2) is 0 Å². The number of esters is 1. The first-order chi connectivity index (χ1) is 10.6. The molecule has 4 heteroatoms. The Bertz CT molecular complexity index is 485. The number of hydrogen-bond donors (Lipinski definition) is 0. The minimum atomic E-state index is -0.293. The molecule has 4 atom stereocenters. The monoisotopic (exact) mass is 304 g/mol. The molecule has 1 aliphatic heterocycles. The van der Waals surface area contributed by atoms with Crippen molar-refractivity contribution in [2.24, 2.45) is 0 Å². The molecule has 0 unspecified atom stereocenters. The molecule has 1 saturated heterocycles. The van der Waals surface area contributed by atoms with E-state index in [-0.39, 0.29) is 30.4 Å². The Morgan fingerprint density at radius 2 is 2.09 bits per heavy atom. The van der Waals surface area contributed by atoms with Crippen LogP contribution in [0.5, 0.6) is 0 Å². The SMILES string of the molecule is C=CC[C@H]1O[C@H](C)[C@@H](OCc2ccccc2)C[C@H]1OC(C)=O. The molecule has 0 aliphatic carbocycles. The summed E-state index contributed by atoms with van der Waals surface area (Å²) >= 11 is 0. The van der Waals surface area contributed by atoms with Crippen LogP contribution in [0.15, 0.2) is 43.0 Å². The van der Waals surface area contributed by atoms with Crippen molar-refractivity contribution in [1.82, 2.24) is 0 Å². The van der Waals surface area contributed by atoms with E-state index in [1.807, 2.05) is 37.3 Å². The Balaban J connectivity index is 1.96. The normalized spacial score (nSPS) is 28.1. The average molecular weight is 304 g/mol. The van der Waals surface area contributed by atoms with Gasteiger partial charge < -0.3 is 14.2 Å². The summed E-state index contributed by atoms with van der Waals surface area (Å²) in [7, 11) is 0. The molecule has 0 spiro atoms. The van der Waals surface area contributed by atoms with Crippen LogP contribution in [0.4, 0.5) is 0 Å². The lowest BCUT2D eigenvalue weighted by Gasteiger charge is -2.39. The van der Waals surface area contributed by atoms with E-state index in [1.54, 1.807) is 6.08 Å². The van der Waals surface area contributed by atoms with E-state index >= 15 is 0 Å². The van der Waals surface area contributed by atoms with Crippen LogP contribution >= 0.6 is 0 Å². The summed E-state index contributed by atoms with van der Waals surface area (Å²) in [5, 5.41) is 0. The summed E-state index contributed by atoms with van der Waals surface area (Å²) < 4.78 is 17.3. The van der Waals surface area contributed by atoms with Gasteiger partial charge in [-0.3, -0.25) is 4.79 Å². The maximum absolute atomic E-state index is 11.3.